The molecule has 1 aromatic rings. The lowest BCUT2D eigenvalue weighted by Gasteiger charge is -2.26. The highest BCUT2D eigenvalue weighted by Crippen LogP contribution is 2.37. The standard InChI is InChI=1S/C16H27NO3/c1-7-12(11-17-16(2,3)4)20-15-13(18-5)9-8-10-14(15)19-6/h8-10,12,17H,7,11H2,1-6H3. The molecule has 0 aromatic heterocycles. The van der Waals surface area contributed by atoms with Gasteiger partial charge in [-0.05, 0) is 39.3 Å². The fraction of sp³-hybridized carbons (Fsp3) is 0.625. The molecule has 4 nitrogen and oxygen atoms in total. The van der Waals surface area contributed by atoms with Crippen molar-refractivity contribution in [3.8, 4) is 17.2 Å². The smallest absolute Gasteiger partial charge is 0.203 e. The van der Waals surface area contributed by atoms with Crippen LogP contribution in [-0.4, -0.2) is 32.4 Å². The fourth-order valence-electron chi connectivity index (χ4n) is 1.79. The average molecular weight is 281 g/mol. The van der Waals surface area contributed by atoms with Gasteiger partial charge in [-0.2, -0.15) is 0 Å². The zero-order valence-electron chi connectivity index (χ0n) is 13.4. The van der Waals surface area contributed by atoms with Crippen molar-refractivity contribution in [3.63, 3.8) is 0 Å². The highest BCUT2D eigenvalue weighted by atomic mass is 16.5. The first-order chi connectivity index (χ1) is 9.41. The number of ether oxygens (including phenoxy) is 3. The molecule has 1 aromatic carbocycles. The Bertz CT molecular complexity index is 390. The van der Waals surface area contributed by atoms with Crippen LogP contribution in [0, 0.1) is 0 Å². The summed E-state index contributed by atoms with van der Waals surface area (Å²) in [5.74, 6) is 2.05. The van der Waals surface area contributed by atoms with E-state index in [9.17, 15) is 0 Å². The second kappa shape index (κ2) is 7.39. The lowest BCUT2D eigenvalue weighted by atomic mass is 10.1. The van der Waals surface area contributed by atoms with Gasteiger partial charge in [0.25, 0.3) is 0 Å². The second-order valence-electron chi connectivity index (χ2n) is 5.77. The molecular formula is C16H27NO3. The maximum atomic E-state index is 6.09. The third kappa shape index (κ3) is 4.93. The van der Waals surface area contributed by atoms with Crippen molar-refractivity contribution < 1.29 is 14.2 Å². The van der Waals surface area contributed by atoms with E-state index in [1.54, 1.807) is 14.2 Å². The first kappa shape index (κ1) is 16.6. The Hall–Kier alpha value is -1.42. The molecule has 0 saturated carbocycles. The monoisotopic (exact) mass is 281 g/mol. The van der Waals surface area contributed by atoms with Crippen LogP contribution in [0.3, 0.4) is 0 Å². The van der Waals surface area contributed by atoms with E-state index in [4.69, 9.17) is 14.2 Å². The number of para-hydroxylation sites is 1. The molecule has 0 aliphatic rings. The predicted molar refractivity (Wildman–Crippen MR) is 82.0 cm³/mol. The van der Waals surface area contributed by atoms with Crippen molar-refractivity contribution in [2.75, 3.05) is 20.8 Å². The maximum Gasteiger partial charge on any atom is 0.203 e. The van der Waals surface area contributed by atoms with Crippen LogP contribution in [0.5, 0.6) is 17.2 Å². The molecule has 1 N–H and O–H groups in total. The Kier molecular flexibility index (Phi) is 6.14. The van der Waals surface area contributed by atoms with E-state index in [0.29, 0.717) is 17.2 Å². The highest BCUT2D eigenvalue weighted by molar-refractivity contribution is 5.51. The summed E-state index contributed by atoms with van der Waals surface area (Å²) in [5, 5.41) is 3.46. The molecule has 1 atom stereocenters. The van der Waals surface area contributed by atoms with E-state index in [0.717, 1.165) is 13.0 Å². The van der Waals surface area contributed by atoms with Crippen molar-refractivity contribution in [2.45, 2.75) is 45.8 Å². The van der Waals surface area contributed by atoms with Gasteiger partial charge in [0.05, 0.1) is 14.2 Å². The molecule has 0 aliphatic heterocycles. The molecule has 1 rings (SSSR count). The zero-order chi connectivity index (χ0) is 15.2. The first-order valence-electron chi connectivity index (χ1n) is 7.04. The van der Waals surface area contributed by atoms with Crippen molar-refractivity contribution in [3.05, 3.63) is 18.2 Å². The van der Waals surface area contributed by atoms with E-state index in [-0.39, 0.29) is 11.6 Å². The van der Waals surface area contributed by atoms with Gasteiger partial charge in [-0.25, -0.2) is 0 Å². The molecule has 0 radical (unpaired) electrons. The number of rotatable bonds is 7. The molecule has 0 bridgehead atoms. The minimum atomic E-state index is 0.0689. The van der Waals surface area contributed by atoms with Crippen molar-refractivity contribution in [1.82, 2.24) is 5.32 Å². The van der Waals surface area contributed by atoms with Gasteiger partial charge in [0.15, 0.2) is 11.5 Å². The molecular weight excluding hydrogens is 254 g/mol. The minimum absolute atomic E-state index is 0.0689. The van der Waals surface area contributed by atoms with E-state index in [1.807, 2.05) is 18.2 Å². The number of hydrogen-bond donors (Lipinski definition) is 1. The maximum absolute atomic E-state index is 6.09. The van der Waals surface area contributed by atoms with Gasteiger partial charge >= 0.3 is 0 Å². The van der Waals surface area contributed by atoms with Gasteiger partial charge in [-0.15, -0.1) is 0 Å². The summed E-state index contributed by atoms with van der Waals surface area (Å²) in [5.41, 5.74) is 0.0711. The first-order valence-corrected chi connectivity index (χ1v) is 7.04. The van der Waals surface area contributed by atoms with Crippen LogP contribution in [0.25, 0.3) is 0 Å². The molecule has 1 unspecified atom stereocenters. The zero-order valence-corrected chi connectivity index (χ0v) is 13.4. The molecule has 0 saturated heterocycles. The average Bonchev–Trinajstić information content (AvgIpc) is 2.42. The van der Waals surface area contributed by atoms with E-state index in [2.05, 4.69) is 33.0 Å². The van der Waals surface area contributed by atoms with Gasteiger partial charge in [-0.1, -0.05) is 13.0 Å². The summed E-state index contributed by atoms with van der Waals surface area (Å²) >= 11 is 0. The van der Waals surface area contributed by atoms with Crippen molar-refractivity contribution in [2.24, 2.45) is 0 Å². The summed E-state index contributed by atoms with van der Waals surface area (Å²) in [6.45, 7) is 9.31. The Labute approximate surface area is 122 Å². The Morgan fingerprint density at radius 3 is 2.05 bits per heavy atom. The van der Waals surface area contributed by atoms with Crippen LogP contribution in [0.15, 0.2) is 18.2 Å². The third-order valence-electron chi connectivity index (χ3n) is 2.98. The van der Waals surface area contributed by atoms with Crippen LogP contribution < -0.4 is 19.5 Å². The highest BCUT2D eigenvalue weighted by Gasteiger charge is 2.18. The van der Waals surface area contributed by atoms with E-state index >= 15 is 0 Å². The largest absolute Gasteiger partial charge is 0.493 e. The van der Waals surface area contributed by atoms with Gasteiger partial charge in [0.2, 0.25) is 5.75 Å². The van der Waals surface area contributed by atoms with Gasteiger partial charge in [0, 0.05) is 12.1 Å². The van der Waals surface area contributed by atoms with E-state index < -0.39 is 0 Å². The van der Waals surface area contributed by atoms with Gasteiger partial charge < -0.3 is 19.5 Å². The van der Waals surface area contributed by atoms with Gasteiger partial charge in [0.1, 0.15) is 6.10 Å². The summed E-state index contributed by atoms with van der Waals surface area (Å²) < 4.78 is 16.8. The normalized spacial score (nSPS) is 12.9. The fourth-order valence-corrected chi connectivity index (χ4v) is 1.79. The molecule has 0 amide bonds. The summed E-state index contributed by atoms with van der Waals surface area (Å²) in [4.78, 5) is 0. The quantitative estimate of drug-likeness (QED) is 0.833. The molecule has 4 heteroatoms. The second-order valence-corrected chi connectivity index (χ2v) is 5.77. The lowest BCUT2D eigenvalue weighted by Crippen LogP contribution is -2.42. The van der Waals surface area contributed by atoms with Crippen LogP contribution in [0.4, 0.5) is 0 Å². The number of hydrogen-bond acceptors (Lipinski definition) is 4. The molecule has 0 fully saturated rings. The topological polar surface area (TPSA) is 39.7 Å². The van der Waals surface area contributed by atoms with Crippen molar-refractivity contribution in [1.29, 1.82) is 0 Å². The van der Waals surface area contributed by atoms with E-state index in [1.165, 1.54) is 0 Å². The summed E-state index contributed by atoms with van der Waals surface area (Å²) in [7, 11) is 3.27. The number of benzene rings is 1. The molecule has 0 spiro atoms. The van der Waals surface area contributed by atoms with Crippen molar-refractivity contribution >= 4 is 0 Å². The Morgan fingerprint density at radius 2 is 1.65 bits per heavy atom. The SMILES string of the molecule is CCC(CNC(C)(C)C)Oc1c(OC)cccc1OC. The molecule has 0 aliphatic carbocycles. The van der Waals surface area contributed by atoms with Crippen LogP contribution >= 0.6 is 0 Å². The van der Waals surface area contributed by atoms with Crippen LogP contribution in [0.1, 0.15) is 34.1 Å². The minimum Gasteiger partial charge on any atom is -0.493 e. The Balaban J connectivity index is 2.83. The molecule has 0 heterocycles. The summed E-state index contributed by atoms with van der Waals surface area (Å²) in [6.07, 6.45) is 0.976. The van der Waals surface area contributed by atoms with Gasteiger partial charge in [-0.3, -0.25) is 0 Å². The molecule has 114 valence electrons. The van der Waals surface area contributed by atoms with Crippen LogP contribution in [0.2, 0.25) is 0 Å². The third-order valence-corrected chi connectivity index (χ3v) is 2.98. The number of methoxy groups -OCH3 is 2. The lowest BCUT2D eigenvalue weighted by molar-refractivity contribution is 0.168. The predicted octanol–water partition coefficient (Wildman–Crippen LogP) is 3.25. The number of nitrogens with one attached hydrogen (secondary N) is 1. The Morgan fingerprint density at radius 1 is 1.10 bits per heavy atom. The van der Waals surface area contributed by atoms with Crippen LogP contribution in [-0.2, 0) is 0 Å². The summed E-state index contributed by atoms with van der Waals surface area (Å²) in [6, 6.07) is 5.64. The molecule has 20 heavy (non-hydrogen) atoms.